The SMILES string of the molecule is CCC(CC)C(=O)Nc1ccc(OC)c(NC(C)=O)c1. The first-order chi connectivity index (χ1) is 9.51. The highest BCUT2D eigenvalue weighted by Crippen LogP contribution is 2.28. The molecule has 0 saturated carbocycles. The van der Waals surface area contributed by atoms with Crippen molar-refractivity contribution in [2.45, 2.75) is 33.6 Å². The molecule has 110 valence electrons. The summed E-state index contributed by atoms with van der Waals surface area (Å²) in [6.07, 6.45) is 1.61. The van der Waals surface area contributed by atoms with Gasteiger partial charge in [-0.25, -0.2) is 0 Å². The third-order valence-corrected chi connectivity index (χ3v) is 3.13. The summed E-state index contributed by atoms with van der Waals surface area (Å²) in [5, 5.41) is 5.54. The van der Waals surface area contributed by atoms with E-state index in [1.165, 1.54) is 14.0 Å². The lowest BCUT2D eigenvalue weighted by molar-refractivity contribution is -0.120. The van der Waals surface area contributed by atoms with Gasteiger partial charge in [0.1, 0.15) is 5.75 Å². The van der Waals surface area contributed by atoms with Gasteiger partial charge >= 0.3 is 0 Å². The number of methoxy groups -OCH3 is 1. The summed E-state index contributed by atoms with van der Waals surface area (Å²) in [6.45, 7) is 5.41. The summed E-state index contributed by atoms with van der Waals surface area (Å²) in [6, 6.07) is 5.17. The van der Waals surface area contributed by atoms with Gasteiger partial charge in [-0.2, -0.15) is 0 Å². The summed E-state index contributed by atoms with van der Waals surface area (Å²) in [5.41, 5.74) is 1.19. The maximum atomic E-state index is 12.0. The lowest BCUT2D eigenvalue weighted by Gasteiger charge is -2.15. The lowest BCUT2D eigenvalue weighted by Crippen LogP contribution is -2.21. The van der Waals surface area contributed by atoms with Gasteiger partial charge in [-0.15, -0.1) is 0 Å². The largest absolute Gasteiger partial charge is 0.495 e. The molecule has 5 heteroatoms. The molecule has 5 nitrogen and oxygen atoms in total. The minimum Gasteiger partial charge on any atom is -0.495 e. The molecule has 0 spiro atoms. The zero-order valence-corrected chi connectivity index (χ0v) is 12.4. The van der Waals surface area contributed by atoms with Crippen molar-refractivity contribution in [3.63, 3.8) is 0 Å². The lowest BCUT2D eigenvalue weighted by atomic mass is 10.0. The van der Waals surface area contributed by atoms with E-state index in [-0.39, 0.29) is 17.7 Å². The van der Waals surface area contributed by atoms with Gasteiger partial charge < -0.3 is 15.4 Å². The first-order valence-electron chi connectivity index (χ1n) is 6.78. The Balaban J connectivity index is 2.91. The highest BCUT2D eigenvalue weighted by molar-refractivity contribution is 5.95. The van der Waals surface area contributed by atoms with E-state index in [4.69, 9.17) is 4.74 Å². The second-order valence-corrected chi connectivity index (χ2v) is 4.60. The Labute approximate surface area is 119 Å². The van der Waals surface area contributed by atoms with E-state index in [1.807, 2.05) is 13.8 Å². The van der Waals surface area contributed by atoms with Gasteiger partial charge in [0.2, 0.25) is 11.8 Å². The summed E-state index contributed by atoms with van der Waals surface area (Å²) in [5.74, 6) is 0.364. The van der Waals surface area contributed by atoms with Crippen molar-refractivity contribution in [1.82, 2.24) is 0 Å². The molecule has 0 atom stereocenters. The van der Waals surface area contributed by atoms with E-state index in [1.54, 1.807) is 18.2 Å². The van der Waals surface area contributed by atoms with Crippen LogP contribution < -0.4 is 15.4 Å². The van der Waals surface area contributed by atoms with Gasteiger partial charge in [0.25, 0.3) is 0 Å². The van der Waals surface area contributed by atoms with Gasteiger partial charge in [-0.05, 0) is 31.0 Å². The van der Waals surface area contributed by atoms with Gasteiger partial charge in [0.15, 0.2) is 0 Å². The number of benzene rings is 1. The molecule has 20 heavy (non-hydrogen) atoms. The van der Waals surface area contributed by atoms with E-state index in [0.29, 0.717) is 17.1 Å². The standard InChI is InChI=1S/C15H22N2O3/c1-5-11(6-2)15(19)17-12-7-8-14(20-4)13(9-12)16-10(3)18/h7-9,11H,5-6H2,1-4H3,(H,16,18)(H,17,19). The van der Waals surface area contributed by atoms with Crippen molar-refractivity contribution in [2.75, 3.05) is 17.7 Å². The molecular weight excluding hydrogens is 256 g/mol. The maximum absolute atomic E-state index is 12.0. The Bertz CT molecular complexity index is 482. The maximum Gasteiger partial charge on any atom is 0.227 e. The topological polar surface area (TPSA) is 67.4 Å². The number of rotatable bonds is 6. The van der Waals surface area contributed by atoms with Gasteiger partial charge in [-0.1, -0.05) is 13.8 Å². The number of anilines is 2. The van der Waals surface area contributed by atoms with Crippen LogP contribution in [0.2, 0.25) is 0 Å². The van der Waals surface area contributed by atoms with Crippen molar-refractivity contribution in [1.29, 1.82) is 0 Å². The fourth-order valence-electron chi connectivity index (χ4n) is 1.98. The molecule has 0 fully saturated rings. The average Bonchev–Trinajstić information content (AvgIpc) is 2.39. The summed E-state index contributed by atoms with van der Waals surface area (Å²) in [4.78, 5) is 23.2. The van der Waals surface area contributed by atoms with Crippen molar-refractivity contribution < 1.29 is 14.3 Å². The van der Waals surface area contributed by atoms with Crippen molar-refractivity contribution in [2.24, 2.45) is 5.92 Å². The van der Waals surface area contributed by atoms with Crippen LogP contribution in [-0.4, -0.2) is 18.9 Å². The quantitative estimate of drug-likeness (QED) is 0.840. The molecule has 0 heterocycles. The van der Waals surface area contributed by atoms with Crippen molar-refractivity contribution >= 4 is 23.2 Å². The van der Waals surface area contributed by atoms with Crippen molar-refractivity contribution in [3.05, 3.63) is 18.2 Å². The summed E-state index contributed by atoms with van der Waals surface area (Å²) in [7, 11) is 1.53. The zero-order valence-electron chi connectivity index (χ0n) is 12.4. The van der Waals surface area contributed by atoms with Crippen LogP contribution in [0.1, 0.15) is 33.6 Å². The van der Waals surface area contributed by atoms with Gasteiger partial charge in [0.05, 0.1) is 12.8 Å². The van der Waals surface area contributed by atoms with Crippen LogP contribution in [0, 0.1) is 5.92 Å². The highest BCUT2D eigenvalue weighted by Gasteiger charge is 2.15. The number of hydrogen-bond donors (Lipinski definition) is 2. The van der Waals surface area contributed by atoms with Crippen LogP contribution in [-0.2, 0) is 9.59 Å². The minimum absolute atomic E-state index is 0.00122. The Kier molecular flexibility index (Phi) is 6.03. The smallest absolute Gasteiger partial charge is 0.227 e. The van der Waals surface area contributed by atoms with Crippen LogP contribution in [0.15, 0.2) is 18.2 Å². The molecule has 1 aromatic carbocycles. The molecule has 0 aliphatic heterocycles. The fraction of sp³-hybridized carbons (Fsp3) is 0.467. The Morgan fingerprint density at radius 2 is 1.85 bits per heavy atom. The predicted octanol–water partition coefficient (Wildman–Crippen LogP) is 3.03. The third-order valence-electron chi connectivity index (χ3n) is 3.13. The number of carbonyl (C=O) groups is 2. The Morgan fingerprint density at radius 3 is 2.35 bits per heavy atom. The monoisotopic (exact) mass is 278 g/mol. The number of amides is 2. The van der Waals surface area contributed by atoms with Crippen LogP contribution in [0.5, 0.6) is 5.75 Å². The number of nitrogens with one attached hydrogen (secondary N) is 2. The molecule has 0 radical (unpaired) electrons. The summed E-state index contributed by atoms with van der Waals surface area (Å²) >= 11 is 0. The van der Waals surface area contributed by atoms with E-state index >= 15 is 0 Å². The van der Waals surface area contributed by atoms with Gasteiger partial charge in [0, 0.05) is 18.5 Å². The molecule has 0 bridgehead atoms. The number of carbonyl (C=O) groups excluding carboxylic acids is 2. The molecule has 2 amide bonds. The molecule has 0 unspecified atom stereocenters. The van der Waals surface area contributed by atoms with E-state index in [9.17, 15) is 9.59 Å². The molecule has 0 aliphatic carbocycles. The van der Waals surface area contributed by atoms with E-state index in [2.05, 4.69) is 10.6 Å². The molecule has 1 aromatic rings. The van der Waals surface area contributed by atoms with Crippen LogP contribution in [0.3, 0.4) is 0 Å². The second kappa shape index (κ2) is 7.53. The van der Waals surface area contributed by atoms with E-state index in [0.717, 1.165) is 12.8 Å². The van der Waals surface area contributed by atoms with Crippen LogP contribution >= 0.6 is 0 Å². The summed E-state index contributed by atoms with van der Waals surface area (Å²) < 4.78 is 5.17. The first kappa shape index (κ1) is 16.0. The predicted molar refractivity (Wildman–Crippen MR) is 80.0 cm³/mol. The van der Waals surface area contributed by atoms with Gasteiger partial charge in [-0.3, -0.25) is 9.59 Å². The number of hydrogen-bond acceptors (Lipinski definition) is 3. The van der Waals surface area contributed by atoms with Crippen LogP contribution in [0.25, 0.3) is 0 Å². The molecule has 0 saturated heterocycles. The molecular formula is C15H22N2O3. The average molecular weight is 278 g/mol. The normalized spacial score (nSPS) is 10.2. The van der Waals surface area contributed by atoms with Crippen LogP contribution in [0.4, 0.5) is 11.4 Å². The highest BCUT2D eigenvalue weighted by atomic mass is 16.5. The molecule has 0 aromatic heterocycles. The second-order valence-electron chi connectivity index (χ2n) is 4.60. The Hall–Kier alpha value is -2.04. The molecule has 1 rings (SSSR count). The zero-order chi connectivity index (χ0) is 15.1. The Morgan fingerprint density at radius 1 is 1.20 bits per heavy atom. The first-order valence-corrected chi connectivity index (χ1v) is 6.78. The number of ether oxygens (including phenoxy) is 1. The molecule has 2 N–H and O–H groups in total. The third kappa shape index (κ3) is 4.26. The van der Waals surface area contributed by atoms with E-state index < -0.39 is 0 Å². The molecule has 0 aliphatic rings. The fourth-order valence-corrected chi connectivity index (χ4v) is 1.98. The minimum atomic E-state index is -0.188. The van der Waals surface area contributed by atoms with Crippen molar-refractivity contribution in [3.8, 4) is 5.75 Å².